The van der Waals surface area contributed by atoms with Crippen LogP contribution >= 0.6 is 15.9 Å². The Hall–Kier alpha value is -3.85. The number of ether oxygens (including phenoxy) is 1. The standard InChI is InChI=1S/C25H12BrF3O5/c26-15-6-9-18-14(10-15)11-20(33-18)24(31)32-16-7-8-17-19(12-16)34-23(25(27,28)29)21(22(17)30)13-4-2-1-3-5-13/h1-12H. The summed E-state index contributed by atoms with van der Waals surface area (Å²) in [4.78, 5) is 25.5. The number of furan rings is 1. The smallest absolute Gasteiger partial charge is 0.450 e. The number of halogens is 4. The Kier molecular flexibility index (Phi) is 5.28. The van der Waals surface area contributed by atoms with Gasteiger partial charge in [-0.2, -0.15) is 13.2 Å². The fraction of sp³-hybridized carbons (Fsp3) is 0.0400. The van der Waals surface area contributed by atoms with Gasteiger partial charge in [-0.3, -0.25) is 4.79 Å². The van der Waals surface area contributed by atoms with Gasteiger partial charge in [0.25, 0.3) is 0 Å². The van der Waals surface area contributed by atoms with Crippen molar-refractivity contribution < 1.29 is 31.5 Å². The van der Waals surface area contributed by atoms with Crippen molar-refractivity contribution in [3.8, 4) is 16.9 Å². The number of hydrogen-bond donors (Lipinski definition) is 0. The lowest BCUT2D eigenvalue weighted by atomic mass is 10.0. The number of rotatable bonds is 3. The summed E-state index contributed by atoms with van der Waals surface area (Å²) in [5.74, 6) is -2.48. The van der Waals surface area contributed by atoms with Gasteiger partial charge in [-0.15, -0.1) is 0 Å². The Morgan fingerprint density at radius 1 is 0.882 bits per heavy atom. The maximum Gasteiger partial charge on any atom is 0.450 e. The normalized spacial score (nSPS) is 11.8. The second kappa shape index (κ2) is 8.18. The second-order valence-corrected chi connectivity index (χ2v) is 8.26. The fourth-order valence-electron chi connectivity index (χ4n) is 3.58. The van der Waals surface area contributed by atoms with Gasteiger partial charge < -0.3 is 13.6 Å². The van der Waals surface area contributed by atoms with Crippen LogP contribution in [-0.4, -0.2) is 5.97 Å². The molecule has 5 aromatic rings. The zero-order valence-corrected chi connectivity index (χ0v) is 18.6. The Labute approximate surface area is 197 Å². The molecule has 0 saturated carbocycles. The molecule has 0 radical (unpaired) electrons. The number of fused-ring (bicyclic) bond motifs is 2. The van der Waals surface area contributed by atoms with Gasteiger partial charge in [0.1, 0.15) is 16.9 Å². The molecule has 5 nitrogen and oxygen atoms in total. The highest BCUT2D eigenvalue weighted by molar-refractivity contribution is 9.10. The summed E-state index contributed by atoms with van der Waals surface area (Å²) in [5.41, 5.74) is -1.25. The van der Waals surface area contributed by atoms with Crippen LogP contribution in [0.25, 0.3) is 33.1 Å². The minimum absolute atomic E-state index is 0.0810. The lowest BCUT2D eigenvalue weighted by molar-refractivity contribution is -0.152. The van der Waals surface area contributed by atoms with Crippen LogP contribution in [0.2, 0.25) is 0 Å². The molecule has 0 amide bonds. The van der Waals surface area contributed by atoms with Crippen LogP contribution in [0.1, 0.15) is 16.3 Å². The minimum atomic E-state index is -4.92. The molecule has 9 heteroatoms. The van der Waals surface area contributed by atoms with Gasteiger partial charge in [-0.1, -0.05) is 46.3 Å². The second-order valence-electron chi connectivity index (χ2n) is 7.34. The molecule has 0 aliphatic heterocycles. The lowest BCUT2D eigenvalue weighted by Gasteiger charge is -2.13. The number of hydrogen-bond acceptors (Lipinski definition) is 5. The molecule has 0 aliphatic rings. The molecule has 5 rings (SSSR count). The molecule has 0 bridgehead atoms. The number of alkyl halides is 3. The average molecular weight is 529 g/mol. The van der Waals surface area contributed by atoms with Crippen molar-refractivity contribution in [3.63, 3.8) is 0 Å². The number of carbonyl (C=O) groups excluding carboxylic acids is 1. The predicted octanol–water partition coefficient (Wildman–Crippen LogP) is 7.21. The van der Waals surface area contributed by atoms with Crippen LogP contribution in [0.3, 0.4) is 0 Å². The van der Waals surface area contributed by atoms with Gasteiger partial charge in [-0.05, 0) is 42.0 Å². The van der Waals surface area contributed by atoms with Crippen LogP contribution in [0.5, 0.6) is 5.75 Å². The largest absolute Gasteiger partial charge is 0.450 e. The van der Waals surface area contributed by atoms with E-state index in [9.17, 15) is 22.8 Å². The summed E-state index contributed by atoms with van der Waals surface area (Å²) in [7, 11) is 0. The first kappa shape index (κ1) is 22.0. The van der Waals surface area contributed by atoms with E-state index in [2.05, 4.69) is 15.9 Å². The molecule has 0 fully saturated rings. The Morgan fingerprint density at radius 2 is 1.65 bits per heavy atom. The Morgan fingerprint density at radius 3 is 2.38 bits per heavy atom. The molecule has 0 atom stereocenters. The van der Waals surface area contributed by atoms with Gasteiger partial charge >= 0.3 is 12.1 Å². The predicted molar refractivity (Wildman–Crippen MR) is 122 cm³/mol. The van der Waals surface area contributed by atoms with Gasteiger partial charge in [0.15, 0.2) is 0 Å². The highest BCUT2D eigenvalue weighted by Crippen LogP contribution is 2.37. The third kappa shape index (κ3) is 3.99. The van der Waals surface area contributed by atoms with Crippen LogP contribution in [0, 0.1) is 0 Å². The van der Waals surface area contributed by atoms with Gasteiger partial charge in [0.05, 0.1) is 10.9 Å². The Balaban J connectivity index is 1.56. The van der Waals surface area contributed by atoms with Gasteiger partial charge in [-0.25, -0.2) is 4.79 Å². The lowest BCUT2D eigenvalue weighted by Crippen LogP contribution is -2.16. The van der Waals surface area contributed by atoms with Crippen molar-refractivity contribution in [1.82, 2.24) is 0 Å². The van der Waals surface area contributed by atoms with Gasteiger partial charge in [0, 0.05) is 15.9 Å². The van der Waals surface area contributed by atoms with E-state index in [1.165, 1.54) is 42.5 Å². The molecule has 2 heterocycles. The molecule has 2 aromatic heterocycles. The fourth-order valence-corrected chi connectivity index (χ4v) is 3.95. The van der Waals surface area contributed by atoms with Crippen LogP contribution in [0.15, 0.2) is 90.9 Å². The minimum Gasteiger partial charge on any atom is -0.450 e. The average Bonchev–Trinajstić information content (AvgIpc) is 3.22. The van der Waals surface area contributed by atoms with E-state index in [-0.39, 0.29) is 28.0 Å². The maximum atomic E-state index is 13.8. The summed E-state index contributed by atoms with van der Waals surface area (Å²) in [6.07, 6.45) is -4.92. The third-order valence-electron chi connectivity index (χ3n) is 5.07. The van der Waals surface area contributed by atoms with E-state index < -0.39 is 28.9 Å². The monoisotopic (exact) mass is 528 g/mol. The first-order chi connectivity index (χ1) is 16.2. The highest BCUT2D eigenvalue weighted by atomic mass is 79.9. The SMILES string of the molecule is O=C(Oc1ccc2c(=O)c(-c3ccccc3)c(C(F)(F)F)oc2c1)c1cc2cc(Br)ccc2o1. The highest BCUT2D eigenvalue weighted by Gasteiger charge is 2.39. The van der Waals surface area contributed by atoms with Crippen LogP contribution in [0.4, 0.5) is 13.2 Å². The molecular formula is C25H12BrF3O5. The van der Waals surface area contributed by atoms with Crippen molar-refractivity contribution in [2.45, 2.75) is 6.18 Å². The van der Waals surface area contributed by atoms with Crippen molar-refractivity contribution in [2.24, 2.45) is 0 Å². The molecule has 0 aliphatic carbocycles. The summed E-state index contributed by atoms with van der Waals surface area (Å²) < 4.78 is 58.0. The summed E-state index contributed by atoms with van der Waals surface area (Å²) >= 11 is 3.33. The molecule has 3 aromatic carbocycles. The van der Waals surface area contributed by atoms with E-state index in [1.54, 1.807) is 24.3 Å². The number of benzene rings is 3. The molecule has 0 spiro atoms. The molecule has 34 heavy (non-hydrogen) atoms. The van der Waals surface area contributed by atoms with E-state index in [4.69, 9.17) is 13.6 Å². The summed E-state index contributed by atoms with van der Waals surface area (Å²) in [5, 5.41) is 0.578. The third-order valence-corrected chi connectivity index (χ3v) is 5.57. The molecule has 0 saturated heterocycles. The van der Waals surface area contributed by atoms with E-state index in [0.29, 0.717) is 11.0 Å². The van der Waals surface area contributed by atoms with Crippen LogP contribution in [-0.2, 0) is 6.18 Å². The Bertz CT molecular complexity index is 1620. The first-order valence-electron chi connectivity index (χ1n) is 9.85. The van der Waals surface area contributed by atoms with Crippen molar-refractivity contribution in [2.75, 3.05) is 0 Å². The van der Waals surface area contributed by atoms with Crippen molar-refractivity contribution in [1.29, 1.82) is 0 Å². The van der Waals surface area contributed by atoms with Gasteiger partial charge in [0.2, 0.25) is 16.9 Å². The number of esters is 1. The molecule has 0 N–H and O–H groups in total. The molecular weight excluding hydrogens is 517 g/mol. The maximum absolute atomic E-state index is 13.8. The van der Waals surface area contributed by atoms with E-state index in [0.717, 1.165) is 10.5 Å². The van der Waals surface area contributed by atoms with Crippen molar-refractivity contribution in [3.05, 3.63) is 99.0 Å². The topological polar surface area (TPSA) is 69.7 Å². The quantitative estimate of drug-likeness (QED) is 0.183. The van der Waals surface area contributed by atoms with Crippen LogP contribution < -0.4 is 10.2 Å². The van der Waals surface area contributed by atoms with E-state index >= 15 is 0 Å². The summed E-state index contributed by atoms with van der Waals surface area (Å²) in [6.45, 7) is 0. The van der Waals surface area contributed by atoms with Crippen molar-refractivity contribution >= 4 is 43.8 Å². The molecule has 0 unspecified atom stereocenters. The molecule has 170 valence electrons. The van der Waals surface area contributed by atoms with E-state index in [1.807, 2.05) is 0 Å². The number of carbonyl (C=O) groups is 1. The zero-order chi connectivity index (χ0) is 24.0. The first-order valence-corrected chi connectivity index (χ1v) is 10.6. The zero-order valence-electron chi connectivity index (χ0n) is 17.0. The summed E-state index contributed by atoms with van der Waals surface area (Å²) in [6, 6.07) is 17.8.